The third-order valence-electron chi connectivity index (χ3n) is 1.57. The van der Waals surface area contributed by atoms with Crippen LogP contribution < -0.4 is 0 Å². The van der Waals surface area contributed by atoms with Gasteiger partial charge in [0, 0.05) is 19.5 Å². The molecule has 0 bridgehead atoms. The van der Waals surface area contributed by atoms with Crippen LogP contribution in [0.1, 0.15) is 11.7 Å². The van der Waals surface area contributed by atoms with Crippen LogP contribution >= 0.6 is 43.5 Å². The summed E-state index contributed by atoms with van der Waals surface area (Å²) in [7, 11) is 0. The topological polar surface area (TPSA) is 57.5 Å². The number of hydrogen-bond acceptors (Lipinski definition) is 2. The molecule has 76 valence electrons. The number of carbonyl (C=O) groups is 1. The Balaban J connectivity index is 3.22. The van der Waals surface area contributed by atoms with Crippen LogP contribution in [0, 0.1) is 0 Å². The molecular weight excluding hydrogens is 339 g/mol. The third kappa shape index (κ3) is 2.48. The molecule has 0 aromatic heterocycles. The van der Waals surface area contributed by atoms with Crippen molar-refractivity contribution in [2.45, 2.75) is 6.10 Å². The minimum Gasteiger partial charge on any atom is -0.479 e. The summed E-state index contributed by atoms with van der Waals surface area (Å²) in [5.41, 5.74) is 0.161. The van der Waals surface area contributed by atoms with Crippen molar-refractivity contribution in [3.63, 3.8) is 0 Å². The van der Waals surface area contributed by atoms with Crippen LogP contribution in [0.5, 0.6) is 0 Å². The average molecular weight is 344 g/mol. The maximum atomic E-state index is 10.5. The third-order valence-corrected chi connectivity index (χ3v) is 3.74. The molecule has 1 aromatic rings. The Morgan fingerprint density at radius 1 is 1.36 bits per heavy atom. The van der Waals surface area contributed by atoms with E-state index in [0.29, 0.717) is 8.95 Å². The van der Waals surface area contributed by atoms with Gasteiger partial charge in [-0.1, -0.05) is 11.6 Å². The molecule has 14 heavy (non-hydrogen) atoms. The van der Waals surface area contributed by atoms with E-state index < -0.39 is 12.1 Å². The summed E-state index contributed by atoms with van der Waals surface area (Å²) in [4.78, 5) is 10.5. The molecule has 0 spiro atoms. The lowest BCUT2D eigenvalue weighted by Crippen LogP contribution is -2.10. The van der Waals surface area contributed by atoms with Crippen LogP contribution in [0.3, 0.4) is 0 Å². The Kier molecular flexibility index (Phi) is 3.94. The Labute approximate surface area is 102 Å². The van der Waals surface area contributed by atoms with Gasteiger partial charge in [-0.2, -0.15) is 0 Å². The summed E-state index contributed by atoms with van der Waals surface area (Å²) < 4.78 is 1.33. The number of carboxylic acid groups (broad SMARTS) is 1. The van der Waals surface area contributed by atoms with Gasteiger partial charge in [0.1, 0.15) is 0 Å². The van der Waals surface area contributed by atoms with E-state index in [0.717, 1.165) is 0 Å². The van der Waals surface area contributed by atoms with E-state index in [4.69, 9.17) is 16.7 Å². The SMILES string of the molecule is O=C(O)C(O)c1cc(Br)c(Br)cc1Cl. The second kappa shape index (κ2) is 4.61. The largest absolute Gasteiger partial charge is 0.479 e. The first-order valence-corrected chi connectivity index (χ1v) is 5.45. The smallest absolute Gasteiger partial charge is 0.337 e. The van der Waals surface area contributed by atoms with Gasteiger partial charge in [0.2, 0.25) is 0 Å². The predicted molar refractivity (Wildman–Crippen MR) is 59.4 cm³/mol. The molecule has 0 aliphatic rings. The lowest BCUT2D eigenvalue weighted by atomic mass is 10.1. The Morgan fingerprint density at radius 2 is 1.86 bits per heavy atom. The van der Waals surface area contributed by atoms with Crippen molar-refractivity contribution in [2.75, 3.05) is 0 Å². The molecule has 6 heteroatoms. The standard InChI is InChI=1S/C8H5Br2ClO3/c9-4-1-3(7(12)8(13)14)6(11)2-5(4)10/h1-2,7,12H,(H,13,14). The number of benzene rings is 1. The molecule has 1 unspecified atom stereocenters. The molecule has 0 heterocycles. The Morgan fingerprint density at radius 3 is 2.36 bits per heavy atom. The summed E-state index contributed by atoms with van der Waals surface area (Å²) in [6, 6.07) is 2.98. The monoisotopic (exact) mass is 342 g/mol. The highest BCUT2D eigenvalue weighted by atomic mass is 79.9. The van der Waals surface area contributed by atoms with Crippen molar-refractivity contribution < 1.29 is 15.0 Å². The number of aliphatic carboxylic acids is 1. The fourth-order valence-electron chi connectivity index (χ4n) is 0.881. The molecule has 1 atom stereocenters. The minimum absolute atomic E-state index is 0.161. The molecule has 0 aliphatic carbocycles. The van der Waals surface area contributed by atoms with Gasteiger partial charge < -0.3 is 10.2 Å². The fraction of sp³-hybridized carbons (Fsp3) is 0.125. The highest BCUT2D eigenvalue weighted by molar-refractivity contribution is 9.13. The van der Waals surface area contributed by atoms with Gasteiger partial charge in [-0.05, 0) is 44.0 Å². The summed E-state index contributed by atoms with van der Waals surface area (Å²) in [6.45, 7) is 0. The van der Waals surface area contributed by atoms with Crippen molar-refractivity contribution in [1.82, 2.24) is 0 Å². The van der Waals surface area contributed by atoms with Crippen molar-refractivity contribution in [3.8, 4) is 0 Å². The lowest BCUT2D eigenvalue weighted by molar-refractivity contribution is -0.146. The van der Waals surface area contributed by atoms with Crippen molar-refractivity contribution in [1.29, 1.82) is 0 Å². The van der Waals surface area contributed by atoms with E-state index in [9.17, 15) is 9.90 Å². The Bertz CT molecular complexity index is 381. The normalized spacial score (nSPS) is 12.6. The summed E-state index contributed by atoms with van der Waals surface area (Å²) in [6.07, 6.45) is -1.60. The maximum Gasteiger partial charge on any atom is 0.337 e. The number of aliphatic hydroxyl groups is 1. The zero-order chi connectivity index (χ0) is 10.9. The van der Waals surface area contributed by atoms with Gasteiger partial charge in [-0.25, -0.2) is 4.79 Å². The highest BCUT2D eigenvalue weighted by Gasteiger charge is 2.20. The molecule has 2 N–H and O–H groups in total. The van der Waals surface area contributed by atoms with E-state index in [1.165, 1.54) is 12.1 Å². The molecule has 1 aromatic carbocycles. The fourth-order valence-corrected chi connectivity index (χ4v) is 1.98. The molecule has 0 saturated carbocycles. The summed E-state index contributed by atoms with van der Waals surface area (Å²) in [5.74, 6) is -1.33. The van der Waals surface area contributed by atoms with Crippen molar-refractivity contribution in [2.24, 2.45) is 0 Å². The highest BCUT2D eigenvalue weighted by Crippen LogP contribution is 2.32. The number of rotatable bonds is 2. The second-order valence-electron chi connectivity index (χ2n) is 2.53. The molecular formula is C8H5Br2ClO3. The second-order valence-corrected chi connectivity index (χ2v) is 4.64. The lowest BCUT2D eigenvalue weighted by Gasteiger charge is -2.09. The molecule has 0 aliphatic heterocycles. The van der Waals surface area contributed by atoms with Crippen molar-refractivity contribution in [3.05, 3.63) is 31.7 Å². The molecule has 0 radical (unpaired) electrons. The predicted octanol–water partition coefficient (Wildman–Crippen LogP) is 2.98. The van der Waals surface area contributed by atoms with E-state index in [2.05, 4.69) is 31.9 Å². The van der Waals surface area contributed by atoms with Crippen LogP contribution in [0.4, 0.5) is 0 Å². The first-order valence-electron chi connectivity index (χ1n) is 3.48. The minimum atomic E-state index is -1.60. The van der Waals surface area contributed by atoms with Gasteiger partial charge >= 0.3 is 5.97 Å². The molecule has 0 fully saturated rings. The van der Waals surface area contributed by atoms with E-state index in [1.54, 1.807) is 0 Å². The van der Waals surface area contributed by atoms with Crippen LogP contribution in [-0.2, 0) is 4.79 Å². The summed E-state index contributed by atoms with van der Waals surface area (Å²) in [5, 5.41) is 18.1. The van der Waals surface area contributed by atoms with Crippen LogP contribution in [-0.4, -0.2) is 16.2 Å². The van der Waals surface area contributed by atoms with Gasteiger partial charge in [0.15, 0.2) is 6.10 Å². The van der Waals surface area contributed by atoms with Crippen LogP contribution in [0.15, 0.2) is 21.1 Å². The average Bonchev–Trinajstić information content (AvgIpc) is 2.10. The van der Waals surface area contributed by atoms with Gasteiger partial charge in [0.25, 0.3) is 0 Å². The number of carboxylic acids is 1. The van der Waals surface area contributed by atoms with Gasteiger partial charge in [0.05, 0.1) is 0 Å². The number of halogens is 3. The van der Waals surface area contributed by atoms with E-state index in [-0.39, 0.29) is 10.6 Å². The van der Waals surface area contributed by atoms with E-state index >= 15 is 0 Å². The zero-order valence-electron chi connectivity index (χ0n) is 6.67. The molecule has 0 saturated heterocycles. The maximum absolute atomic E-state index is 10.5. The molecule has 0 amide bonds. The van der Waals surface area contributed by atoms with E-state index in [1.807, 2.05) is 0 Å². The molecule has 3 nitrogen and oxygen atoms in total. The quantitative estimate of drug-likeness (QED) is 0.811. The van der Waals surface area contributed by atoms with Crippen LogP contribution in [0.2, 0.25) is 5.02 Å². The summed E-state index contributed by atoms with van der Waals surface area (Å²) >= 11 is 12.2. The zero-order valence-corrected chi connectivity index (χ0v) is 10.6. The van der Waals surface area contributed by atoms with Gasteiger partial charge in [-0.3, -0.25) is 0 Å². The van der Waals surface area contributed by atoms with Gasteiger partial charge in [-0.15, -0.1) is 0 Å². The number of hydrogen-bond donors (Lipinski definition) is 2. The Hall–Kier alpha value is -0.100. The number of aliphatic hydroxyl groups excluding tert-OH is 1. The van der Waals surface area contributed by atoms with Crippen LogP contribution in [0.25, 0.3) is 0 Å². The molecule has 1 rings (SSSR count). The first-order chi connectivity index (χ1) is 6.43. The first kappa shape index (κ1) is 12.0. The van der Waals surface area contributed by atoms with Crippen molar-refractivity contribution >= 4 is 49.4 Å².